The topological polar surface area (TPSA) is 29.5 Å². The Morgan fingerprint density at radius 1 is 1.28 bits per heavy atom. The smallest absolute Gasteiger partial charge is 0.245 e. The van der Waals surface area contributed by atoms with Crippen LogP contribution in [0.25, 0.3) is 0 Å². The fourth-order valence-corrected chi connectivity index (χ4v) is 2.51. The number of carbonyl (C=O) groups is 1. The molecular formula is C14H23NO2Si. The highest BCUT2D eigenvalue weighted by Crippen LogP contribution is 2.23. The highest BCUT2D eigenvalue weighted by Gasteiger charge is 2.27. The minimum Gasteiger partial charge on any atom is -0.317 e. The van der Waals surface area contributed by atoms with Crippen molar-refractivity contribution in [2.24, 2.45) is 0 Å². The number of hydrogen-bond acceptors (Lipinski definition) is 2. The first-order chi connectivity index (χ1) is 8.35. The molecule has 3 nitrogen and oxygen atoms in total. The molecule has 0 fully saturated rings. The summed E-state index contributed by atoms with van der Waals surface area (Å²) in [5, 5.41) is 1.56. The van der Waals surface area contributed by atoms with Gasteiger partial charge < -0.3 is 4.53 Å². The number of benzene rings is 1. The predicted octanol–water partition coefficient (Wildman–Crippen LogP) is 3.75. The van der Waals surface area contributed by atoms with Gasteiger partial charge in [-0.25, -0.2) is 5.06 Å². The molecule has 4 heteroatoms. The number of amides is 1. The first-order valence-corrected chi connectivity index (χ1v) is 9.82. The predicted molar refractivity (Wildman–Crippen MR) is 76.4 cm³/mol. The number of nitrogens with zero attached hydrogens (tertiary/aromatic N) is 1. The van der Waals surface area contributed by atoms with E-state index in [0.29, 0.717) is 6.42 Å². The maximum atomic E-state index is 12.0. The van der Waals surface area contributed by atoms with Gasteiger partial charge in [-0.15, -0.1) is 0 Å². The molecule has 100 valence electrons. The van der Waals surface area contributed by atoms with Crippen molar-refractivity contribution in [3.8, 4) is 0 Å². The largest absolute Gasteiger partial charge is 0.317 e. The summed E-state index contributed by atoms with van der Waals surface area (Å²) in [5.74, 6) is 0.0359. The first-order valence-electron chi connectivity index (χ1n) is 6.41. The third-order valence-corrected chi connectivity index (χ3v) is 3.30. The molecule has 0 unspecified atom stereocenters. The molecule has 1 rings (SSSR count). The van der Waals surface area contributed by atoms with E-state index in [4.69, 9.17) is 4.53 Å². The van der Waals surface area contributed by atoms with E-state index in [1.807, 2.05) is 44.2 Å². The zero-order valence-corrected chi connectivity index (χ0v) is 12.9. The van der Waals surface area contributed by atoms with Crippen molar-refractivity contribution in [1.82, 2.24) is 5.06 Å². The summed E-state index contributed by atoms with van der Waals surface area (Å²) in [6, 6.07) is 9.93. The van der Waals surface area contributed by atoms with Crippen LogP contribution in [0.2, 0.25) is 19.6 Å². The summed E-state index contributed by atoms with van der Waals surface area (Å²) in [6.45, 7) is 10.1. The Labute approximate surface area is 111 Å². The number of hydroxylamine groups is 2. The third kappa shape index (κ3) is 4.27. The Bertz CT molecular complexity index is 387. The van der Waals surface area contributed by atoms with Gasteiger partial charge in [0.25, 0.3) is 0 Å². The molecule has 1 amide bonds. The normalized spacial score (nSPS) is 13.2. The average Bonchev–Trinajstić information content (AvgIpc) is 2.34. The summed E-state index contributed by atoms with van der Waals surface area (Å²) in [4.78, 5) is 12.0. The molecule has 0 aliphatic rings. The van der Waals surface area contributed by atoms with Crippen molar-refractivity contribution >= 4 is 14.2 Å². The Morgan fingerprint density at radius 3 is 2.28 bits per heavy atom. The van der Waals surface area contributed by atoms with Gasteiger partial charge in [0.15, 0.2) is 0 Å². The van der Waals surface area contributed by atoms with Crippen LogP contribution in [0.1, 0.15) is 31.9 Å². The molecule has 0 aliphatic heterocycles. The molecule has 0 radical (unpaired) electrons. The lowest BCUT2D eigenvalue weighted by Gasteiger charge is -2.33. The van der Waals surface area contributed by atoms with Gasteiger partial charge in [0.2, 0.25) is 14.2 Å². The zero-order valence-electron chi connectivity index (χ0n) is 11.9. The van der Waals surface area contributed by atoms with Crippen molar-refractivity contribution in [3.05, 3.63) is 35.9 Å². The molecule has 0 aromatic heterocycles. The summed E-state index contributed by atoms with van der Waals surface area (Å²) in [7, 11) is -1.79. The van der Waals surface area contributed by atoms with Crippen LogP contribution in [-0.2, 0) is 9.32 Å². The summed E-state index contributed by atoms with van der Waals surface area (Å²) in [6.07, 6.45) is 0.460. The van der Waals surface area contributed by atoms with Gasteiger partial charge >= 0.3 is 0 Å². The molecule has 1 atom stereocenters. The van der Waals surface area contributed by atoms with Gasteiger partial charge in [0.1, 0.15) is 0 Å². The lowest BCUT2D eigenvalue weighted by atomic mass is 10.1. The first kappa shape index (κ1) is 14.9. The third-order valence-electron chi connectivity index (χ3n) is 2.55. The van der Waals surface area contributed by atoms with Crippen LogP contribution in [0.5, 0.6) is 0 Å². The summed E-state index contributed by atoms with van der Waals surface area (Å²) in [5.41, 5.74) is 1.09. The van der Waals surface area contributed by atoms with E-state index in [0.717, 1.165) is 5.56 Å². The van der Waals surface area contributed by atoms with Crippen molar-refractivity contribution in [1.29, 1.82) is 0 Å². The van der Waals surface area contributed by atoms with E-state index in [1.54, 1.807) is 5.06 Å². The highest BCUT2D eigenvalue weighted by atomic mass is 28.4. The second-order valence-electron chi connectivity index (χ2n) is 5.36. The summed E-state index contributed by atoms with van der Waals surface area (Å²) < 4.78 is 5.93. The van der Waals surface area contributed by atoms with Crippen molar-refractivity contribution in [3.63, 3.8) is 0 Å². The quantitative estimate of drug-likeness (QED) is 0.599. The molecule has 0 bridgehead atoms. The van der Waals surface area contributed by atoms with Gasteiger partial charge in [0.05, 0.1) is 6.04 Å². The van der Waals surface area contributed by atoms with Crippen molar-refractivity contribution in [2.45, 2.75) is 46.0 Å². The van der Waals surface area contributed by atoms with Gasteiger partial charge in [-0.1, -0.05) is 37.3 Å². The van der Waals surface area contributed by atoms with Crippen LogP contribution in [0.4, 0.5) is 0 Å². The van der Waals surface area contributed by atoms with E-state index in [9.17, 15) is 4.79 Å². The van der Waals surface area contributed by atoms with Crippen LogP contribution in [0.3, 0.4) is 0 Å². The lowest BCUT2D eigenvalue weighted by Crippen LogP contribution is -2.42. The molecule has 0 heterocycles. The Hall–Kier alpha value is -1.13. The van der Waals surface area contributed by atoms with Gasteiger partial charge in [-0.3, -0.25) is 4.79 Å². The summed E-state index contributed by atoms with van der Waals surface area (Å²) >= 11 is 0. The molecule has 1 aromatic rings. The van der Waals surface area contributed by atoms with Crippen LogP contribution in [-0.4, -0.2) is 19.3 Å². The number of rotatable bonds is 5. The van der Waals surface area contributed by atoms with E-state index in [1.165, 1.54) is 0 Å². The second kappa shape index (κ2) is 6.16. The van der Waals surface area contributed by atoms with E-state index in [-0.39, 0.29) is 11.9 Å². The zero-order chi connectivity index (χ0) is 13.8. The molecule has 1 aromatic carbocycles. The van der Waals surface area contributed by atoms with Crippen molar-refractivity contribution < 1.29 is 9.32 Å². The lowest BCUT2D eigenvalue weighted by molar-refractivity contribution is -0.167. The molecule has 0 saturated carbocycles. The molecule has 0 spiro atoms. The average molecular weight is 265 g/mol. The van der Waals surface area contributed by atoms with Crippen LogP contribution < -0.4 is 0 Å². The Balaban J connectivity index is 2.93. The molecule has 0 saturated heterocycles. The maximum Gasteiger partial charge on any atom is 0.245 e. The van der Waals surface area contributed by atoms with Gasteiger partial charge in [-0.2, -0.15) is 0 Å². The van der Waals surface area contributed by atoms with Gasteiger partial charge in [0, 0.05) is 6.42 Å². The van der Waals surface area contributed by atoms with Gasteiger partial charge in [-0.05, 0) is 32.1 Å². The van der Waals surface area contributed by atoms with Crippen LogP contribution in [0, 0.1) is 0 Å². The molecule has 0 aliphatic carbocycles. The maximum absolute atomic E-state index is 12.0. The standard InChI is InChI=1S/C14H23NO2Si/c1-6-14(16)15(17-18(3,4)5)12(2)13-10-8-7-9-11-13/h7-12H,6H2,1-5H3/t12-/m1/s1. The minimum atomic E-state index is -1.79. The Morgan fingerprint density at radius 2 is 1.83 bits per heavy atom. The van der Waals surface area contributed by atoms with E-state index < -0.39 is 8.32 Å². The van der Waals surface area contributed by atoms with E-state index >= 15 is 0 Å². The fraction of sp³-hybridized carbons (Fsp3) is 0.500. The second-order valence-corrected chi connectivity index (χ2v) is 9.77. The number of hydrogen-bond donors (Lipinski definition) is 0. The number of carbonyl (C=O) groups excluding carboxylic acids is 1. The van der Waals surface area contributed by atoms with E-state index in [2.05, 4.69) is 19.6 Å². The molecule has 18 heavy (non-hydrogen) atoms. The highest BCUT2D eigenvalue weighted by molar-refractivity contribution is 6.69. The van der Waals surface area contributed by atoms with Crippen molar-refractivity contribution in [2.75, 3.05) is 0 Å². The minimum absolute atomic E-state index is 0.0359. The Kier molecular flexibility index (Phi) is 5.11. The van der Waals surface area contributed by atoms with Crippen LogP contribution in [0.15, 0.2) is 30.3 Å². The monoisotopic (exact) mass is 265 g/mol. The molecule has 0 N–H and O–H groups in total. The van der Waals surface area contributed by atoms with Crippen LogP contribution >= 0.6 is 0 Å². The molecular weight excluding hydrogens is 242 g/mol. The SMILES string of the molecule is CCC(=O)N(O[Si](C)(C)C)[C@H](C)c1ccccc1. The fourth-order valence-electron chi connectivity index (χ4n) is 1.66.